The lowest BCUT2D eigenvalue weighted by Gasteiger charge is -2.25. The van der Waals surface area contributed by atoms with E-state index >= 15 is 0 Å². The zero-order chi connectivity index (χ0) is 21.5. The Morgan fingerprint density at radius 3 is 2.67 bits per heavy atom. The molecule has 0 aliphatic carbocycles. The Hall–Kier alpha value is -2.51. The number of rotatable bonds is 7. The molecule has 3 rings (SSSR count). The smallest absolute Gasteiger partial charge is 0.282 e. The van der Waals surface area contributed by atoms with Gasteiger partial charge in [-0.05, 0) is 37.6 Å². The fourth-order valence-electron chi connectivity index (χ4n) is 3.54. The van der Waals surface area contributed by atoms with Gasteiger partial charge in [0.05, 0.1) is 25.0 Å². The maximum Gasteiger partial charge on any atom is 0.282 e. The van der Waals surface area contributed by atoms with Crippen LogP contribution in [-0.4, -0.2) is 50.4 Å². The predicted octanol–water partition coefficient (Wildman–Crippen LogP) is 2.46. The van der Waals surface area contributed by atoms with Crippen LogP contribution in [0.1, 0.15) is 20.3 Å². The summed E-state index contributed by atoms with van der Waals surface area (Å²) in [5.74, 6) is 0.538. The van der Waals surface area contributed by atoms with E-state index in [-0.39, 0.29) is 24.9 Å². The second-order valence-corrected chi connectivity index (χ2v) is 8.92. The van der Waals surface area contributed by atoms with Gasteiger partial charge in [-0.2, -0.15) is 0 Å². The molecule has 0 bridgehead atoms. The van der Waals surface area contributed by atoms with E-state index in [9.17, 15) is 9.59 Å². The van der Waals surface area contributed by atoms with E-state index in [1.807, 2.05) is 53.9 Å². The van der Waals surface area contributed by atoms with Crippen LogP contribution >= 0.6 is 11.8 Å². The molecule has 0 aromatic heterocycles. The van der Waals surface area contributed by atoms with E-state index in [2.05, 4.69) is 18.3 Å². The zero-order valence-corrected chi connectivity index (χ0v) is 18.6. The number of para-hydroxylation sites is 3. The molecule has 0 saturated carbocycles. The molecule has 1 unspecified atom stereocenters. The van der Waals surface area contributed by atoms with Crippen molar-refractivity contribution < 1.29 is 19.2 Å². The molecule has 2 aromatic rings. The van der Waals surface area contributed by atoms with Crippen LogP contribution in [0.15, 0.2) is 53.4 Å². The third-order valence-electron chi connectivity index (χ3n) is 5.24. The molecule has 160 valence electrons. The van der Waals surface area contributed by atoms with E-state index in [4.69, 9.17) is 4.74 Å². The van der Waals surface area contributed by atoms with Gasteiger partial charge in [0.15, 0.2) is 13.1 Å². The molecule has 6 nitrogen and oxygen atoms in total. The van der Waals surface area contributed by atoms with Gasteiger partial charge < -0.3 is 19.9 Å². The summed E-state index contributed by atoms with van der Waals surface area (Å²) in [5.41, 5.74) is 1.62. The highest BCUT2D eigenvalue weighted by Gasteiger charge is 2.27. The molecule has 1 aliphatic rings. The van der Waals surface area contributed by atoms with Crippen LogP contribution in [0, 0.1) is 0 Å². The van der Waals surface area contributed by atoms with Gasteiger partial charge in [-0.3, -0.25) is 9.59 Å². The monoisotopic (exact) mass is 428 g/mol. The van der Waals surface area contributed by atoms with E-state index in [1.54, 1.807) is 19.2 Å². The Morgan fingerprint density at radius 1 is 1.17 bits per heavy atom. The van der Waals surface area contributed by atoms with E-state index in [0.717, 1.165) is 21.9 Å². The highest BCUT2D eigenvalue weighted by atomic mass is 32.2. The van der Waals surface area contributed by atoms with Crippen LogP contribution in [0.4, 0.5) is 11.4 Å². The van der Waals surface area contributed by atoms with Gasteiger partial charge >= 0.3 is 0 Å². The van der Waals surface area contributed by atoms with Crippen molar-refractivity contribution in [2.24, 2.45) is 0 Å². The normalized spacial score (nSPS) is 16.9. The van der Waals surface area contributed by atoms with Crippen molar-refractivity contribution in [3.8, 4) is 5.75 Å². The summed E-state index contributed by atoms with van der Waals surface area (Å²) in [5, 5.41) is 3.36. The lowest BCUT2D eigenvalue weighted by molar-refractivity contribution is -0.881. The lowest BCUT2D eigenvalue weighted by Crippen LogP contribution is -3.14. The van der Waals surface area contributed by atoms with Crippen LogP contribution in [0.25, 0.3) is 0 Å². The summed E-state index contributed by atoms with van der Waals surface area (Å²) in [7, 11) is 1.57. The summed E-state index contributed by atoms with van der Waals surface area (Å²) >= 11 is 1.82. The maximum atomic E-state index is 13.2. The molecule has 1 heterocycles. The third-order valence-corrected chi connectivity index (χ3v) is 6.47. The maximum absolute atomic E-state index is 13.2. The Kier molecular flexibility index (Phi) is 7.76. The quantitative estimate of drug-likeness (QED) is 0.711. The van der Waals surface area contributed by atoms with Gasteiger partial charge in [0.25, 0.3) is 11.8 Å². The fraction of sp³-hybridized carbons (Fsp3) is 0.391. The SMILES string of the molecule is CC[NH+](CC(=O)Nc1ccccc1OC)CC(=O)N1CC[C@H](C)Sc2ccccc21. The van der Waals surface area contributed by atoms with Crippen LogP contribution in [0.3, 0.4) is 0 Å². The molecule has 0 fully saturated rings. The fourth-order valence-corrected chi connectivity index (χ4v) is 4.65. The molecule has 30 heavy (non-hydrogen) atoms. The summed E-state index contributed by atoms with van der Waals surface area (Å²) in [6.45, 7) is 6.08. The van der Waals surface area contributed by atoms with Crippen molar-refractivity contribution >= 4 is 35.0 Å². The number of carbonyl (C=O) groups excluding carboxylic acids is 2. The largest absolute Gasteiger partial charge is 0.495 e. The Labute approximate surface area is 182 Å². The van der Waals surface area contributed by atoms with E-state index < -0.39 is 0 Å². The topological polar surface area (TPSA) is 63.1 Å². The Bertz CT molecular complexity index is 890. The molecule has 2 atom stereocenters. The number of carbonyl (C=O) groups is 2. The van der Waals surface area contributed by atoms with Crippen LogP contribution in [-0.2, 0) is 9.59 Å². The second-order valence-electron chi connectivity index (χ2n) is 7.44. The Balaban J connectivity index is 1.65. The number of quaternary nitrogens is 1. The standard InChI is InChI=1S/C23H29N3O3S/c1-4-25(15-22(27)24-18-9-5-7-11-20(18)29-3)16-23(28)26-14-13-17(2)30-21-12-8-6-10-19(21)26/h5-12,17H,4,13-16H2,1-3H3,(H,24,27)/p+1/t17-/m0/s1. The van der Waals surface area contributed by atoms with Gasteiger partial charge in [-0.25, -0.2) is 0 Å². The van der Waals surface area contributed by atoms with E-state index in [0.29, 0.717) is 29.8 Å². The lowest BCUT2D eigenvalue weighted by atomic mass is 10.2. The summed E-state index contributed by atoms with van der Waals surface area (Å²) in [6.07, 6.45) is 0.945. The number of likely N-dealkylation sites (N-methyl/N-ethyl adjacent to an activating group) is 1. The van der Waals surface area contributed by atoms with Gasteiger partial charge in [-0.15, -0.1) is 11.8 Å². The highest BCUT2D eigenvalue weighted by Crippen LogP contribution is 2.37. The molecule has 0 spiro atoms. The molecule has 7 heteroatoms. The number of benzene rings is 2. The van der Waals surface area contributed by atoms with Gasteiger partial charge in [0.1, 0.15) is 5.75 Å². The first-order valence-corrected chi connectivity index (χ1v) is 11.2. The van der Waals surface area contributed by atoms with Crippen molar-refractivity contribution in [2.45, 2.75) is 30.4 Å². The third kappa shape index (κ3) is 5.55. The molecular formula is C23H30N3O3S+. The number of ether oxygens (including phenoxy) is 1. The van der Waals surface area contributed by atoms with Crippen LogP contribution in [0.5, 0.6) is 5.75 Å². The highest BCUT2D eigenvalue weighted by molar-refractivity contribution is 8.00. The van der Waals surface area contributed by atoms with Crippen molar-refractivity contribution in [1.82, 2.24) is 0 Å². The first-order valence-electron chi connectivity index (χ1n) is 10.3. The number of amides is 2. The van der Waals surface area contributed by atoms with Crippen LogP contribution < -0.4 is 19.9 Å². The van der Waals surface area contributed by atoms with Gasteiger partial charge in [-0.1, -0.05) is 31.2 Å². The van der Waals surface area contributed by atoms with Crippen molar-refractivity contribution in [3.63, 3.8) is 0 Å². The summed E-state index contributed by atoms with van der Waals surface area (Å²) in [4.78, 5) is 29.7. The van der Waals surface area contributed by atoms with Crippen molar-refractivity contribution in [3.05, 3.63) is 48.5 Å². The number of thioether (sulfide) groups is 1. The minimum absolute atomic E-state index is 0.0547. The summed E-state index contributed by atoms with van der Waals surface area (Å²) in [6, 6.07) is 15.4. The summed E-state index contributed by atoms with van der Waals surface area (Å²) < 4.78 is 5.29. The van der Waals surface area contributed by atoms with E-state index in [1.165, 1.54) is 0 Å². The van der Waals surface area contributed by atoms with Crippen molar-refractivity contribution in [2.75, 3.05) is 43.5 Å². The van der Waals surface area contributed by atoms with Crippen LogP contribution in [0.2, 0.25) is 0 Å². The van der Waals surface area contributed by atoms with Crippen molar-refractivity contribution in [1.29, 1.82) is 0 Å². The molecule has 2 N–H and O–H groups in total. The molecule has 2 amide bonds. The van der Waals surface area contributed by atoms with Gasteiger partial charge in [0, 0.05) is 16.7 Å². The first kappa shape index (κ1) is 22.2. The average molecular weight is 429 g/mol. The second kappa shape index (κ2) is 10.5. The number of hydrogen-bond acceptors (Lipinski definition) is 4. The minimum Gasteiger partial charge on any atom is -0.495 e. The number of anilines is 2. The average Bonchev–Trinajstić information content (AvgIpc) is 2.91. The number of nitrogens with zero attached hydrogens (tertiary/aromatic N) is 1. The minimum atomic E-state index is -0.135. The predicted molar refractivity (Wildman–Crippen MR) is 122 cm³/mol. The number of nitrogens with one attached hydrogen (secondary N) is 2. The first-order chi connectivity index (χ1) is 14.5. The van der Waals surface area contributed by atoms with Gasteiger partial charge in [0.2, 0.25) is 0 Å². The molecule has 0 saturated heterocycles. The number of methoxy groups -OCH3 is 1. The number of hydrogen-bond donors (Lipinski definition) is 2. The Morgan fingerprint density at radius 2 is 1.90 bits per heavy atom. The molecule has 0 radical (unpaired) electrons. The molecule has 2 aromatic carbocycles. The molecular weight excluding hydrogens is 398 g/mol. The molecule has 1 aliphatic heterocycles. The number of fused-ring (bicyclic) bond motifs is 1. The zero-order valence-electron chi connectivity index (χ0n) is 17.8.